The molecule has 0 bridgehead atoms. The molecule has 0 spiro atoms. The summed E-state index contributed by atoms with van der Waals surface area (Å²) >= 11 is 0. The summed E-state index contributed by atoms with van der Waals surface area (Å²) in [6.07, 6.45) is -7.58. The molecule has 3 N–H and O–H groups in total. The molecule has 1 saturated heterocycles. The Kier molecular flexibility index (Phi) is 9.77. The van der Waals surface area contributed by atoms with Crippen LogP contribution in [0.4, 0.5) is 4.79 Å². The zero-order chi connectivity index (χ0) is 27.3. The van der Waals surface area contributed by atoms with Gasteiger partial charge in [0.25, 0.3) is 0 Å². The van der Waals surface area contributed by atoms with Crippen LogP contribution in [0.25, 0.3) is 0 Å². The molecule has 0 radical (unpaired) electrons. The van der Waals surface area contributed by atoms with Crippen LogP contribution in [0.15, 0.2) is 24.3 Å². The predicted molar refractivity (Wildman–Crippen MR) is 133 cm³/mol. The van der Waals surface area contributed by atoms with Crippen molar-refractivity contribution in [1.29, 1.82) is 0 Å². The van der Waals surface area contributed by atoms with Crippen LogP contribution in [0.1, 0.15) is 57.5 Å². The van der Waals surface area contributed by atoms with Gasteiger partial charge in [0.05, 0.1) is 12.7 Å². The topological polar surface area (TPSA) is 142 Å². The molecule has 2 heterocycles. The maximum Gasteiger partial charge on any atom is 0.508 e. The van der Waals surface area contributed by atoms with E-state index in [1.807, 2.05) is 63.6 Å². The second-order valence-electron chi connectivity index (χ2n) is 9.52. The highest BCUT2D eigenvalue weighted by Crippen LogP contribution is 2.31. The zero-order valence-corrected chi connectivity index (χ0v) is 22.2. The molecule has 3 rings (SSSR count). The van der Waals surface area contributed by atoms with Crippen LogP contribution in [0.3, 0.4) is 0 Å². The second kappa shape index (κ2) is 12.6. The van der Waals surface area contributed by atoms with Gasteiger partial charge in [-0.2, -0.15) is 0 Å². The molecule has 11 heteroatoms. The van der Waals surface area contributed by atoms with E-state index < -0.39 is 43.5 Å². The maximum atomic E-state index is 11.6. The van der Waals surface area contributed by atoms with Crippen molar-refractivity contribution < 1.29 is 43.8 Å². The minimum Gasteiger partial charge on any atom is -0.491 e. The molecule has 1 fully saturated rings. The summed E-state index contributed by atoms with van der Waals surface area (Å²) in [5, 5.41) is 35.9. The Bertz CT molecular complexity index is 1020. The van der Waals surface area contributed by atoms with Crippen LogP contribution in [0, 0.1) is 6.92 Å². The molecule has 0 aliphatic carbocycles. The third-order valence-electron chi connectivity index (χ3n) is 5.93. The van der Waals surface area contributed by atoms with Crippen LogP contribution >= 0.6 is 0 Å². The van der Waals surface area contributed by atoms with Crippen molar-refractivity contribution in [1.82, 2.24) is 9.78 Å². The Morgan fingerprint density at radius 3 is 2.32 bits per heavy atom. The van der Waals surface area contributed by atoms with Crippen LogP contribution in [-0.4, -0.2) is 81.3 Å². The molecule has 1 aromatic heterocycles. The number of aromatic nitrogens is 2. The molecule has 0 saturated carbocycles. The number of aliphatic hydroxyl groups is 3. The highest BCUT2D eigenvalue weighted by atomic mass is 16.7. The van der Waals surface area contributed by atoms with Gasteiger partial charge in [0.1, 0.15) is 36.8 Å². The molecule has 37 heavy (non-hydrogen) atoms. The van der Waals surface area contributed by atoms with E-state index in [1.54, 1.807) is 6.92 Å². The average Bonchev–Trinajstić information content (AvgIpc) is 3.14. The molecular formula is C26H38N2O9. The number of hydrogen-bond acceptors (Lipinski definition) is 10. The lowest BCUT2D eigenvalue weighted by molar-refractivity contribution is -0.278. The highest BCUT2D eigenvalue weighted by Gasteiger charge is 2.46. The number of ether oxygens (including phenoxy) is 5. The molecular weight excluding hydrogens is 484 g/mol. The number of carbonyl (C=O) groups excluding carboxylic acids is 1. The molecule has 1 aromatic carbocycles. The summed E-state index contributed by atoms with van der Waals surface area (Å²) in [7, 11) is 0. The molecule has 1 aliphatic rings. The Hall–Kier alpha value is -2.86. The van der Waals surface area contributed by atoms with Gasteiger partial charge in [0, 0.05) is 23.7 Å². The van der Waals surface area contributed by atoms with Crippen LogP contribution < -0.4 is 9.47 Å². The van der Waals surface area contributed by atoms with E-state index in [1.165, 1.54) is 0 Å². The number of rotatable bonds is 10. The van der Waals surface area contributed by atoms with Gasteiger partial charge < -0.3 is 39.0 Å². The van der Waals surface area contributed by atoms with Crippen molar-refractivity contribution in [3.63, 3.8) is 0 Å². The Balaban J connectivity index is 1.82. The number of nitrogens with zero attached hydrogens (tertiary/aromatic N) is 2. The molecule has 11 nitrogen and oxygen atoms in total. The molecule has 1 unspecified atom stereocenters. The largest absolute Gasteiger partial charge is 0.508 e. The van der Waals surface area contributed by atoms with Crippen molar-refractivity contribution in [2.75, 3.05) is 13.2 Å². The SMILES string of the molecule is CCOC(=O)OC[C@H]1OC(Oc2nn(C(C)C)c(C)c2Cc2ccc(OC(C)C)cc2)[C@H](O)[C@@H](O)[C@@H]1O. The smallest absolute Gasteiger partial charge is 0.491 e. The van der Waals surface area contributed by atoms with Gasteiger partial charge >= 0.3 is 6.16 Å². The summed E-state index contributed by atoms with van der Waals surface area (Å²) < 4.78 is 28.9. The Morgan fingerprint density at radius 2 is 1.73 bits per heavy atom. The van der Waals surface area contributed by atoms with Gasteiger partial charge in [-0.25, -0.2) is 4.79 Å². The molecule has 206 valence electrons. The van der Waals surface area contributed by atoms with Crippen LogP contribution in [0.2, 0.25) is 0 Å². The van der Waals surface area contributed by atoms with E-state index in [0.29, 0.717) is 6.42 Å². The van der Waals surface area contributed by atoms with E-state index in [-0.39, 0.29) is 24.6 Å². The lowest BCUT2D eigenvalue weighted by atomic mass is 9.99. The highest BCUT2D eigenvalue weighted by molar-refractivity contribution is 5.59. The lowest BCUT2D eigenvalue weighted by Gasteiger charge is -2.39. The summed E-state index contributed by atoms with van der Waals surface area (Å²) in [5.74, 6) is 0.999. The number of benzene rings is 1. The van der Waals surface area contributed by atoms with Crippen molar-refractivity contribution in [2.45, 2.75) is 90.8 Å². The van der Waals surface area contributed by atoms with Crippen molar-refractivity contribution >= 4 is 6.16 Å². The first-order valence-corrected chi connectivity index (χ1v) is 12.5. The Labute approximate surface area is 216 Å². The third-order valence-corrected chi connectivity index (χ3v) is 5.93. The summed E-state index contributed by atoms with van der Waals surface area (Å²) in [5.41, 5.74) is 2.65. The fraction of sp³-hybridized carbons (Fsp3) is 0.615. The number of aliphatic hydroxyl groups excluding tert-OH is 3. The fourth-order valence-corrected chi connectivity index (χ4v) is 4.06. The summed E-state index contributed by atoms with van der Waals surface area (Å²) in [6.45, 7) is 11.2. The molecule has 1 aliphatic heterocycles. The van der Waals surface area contributed by atoms with Gasteiger partial charge in [-0.3, -0.25) is 4.68 Å². The quantitative estimate of drug-likeness (QED) is 0.399. The van der Waals surface area contributed by atoms with Gasteiger partial charge in [-0.15, -0.1) is 5.10 Å². The monoisotopic (exact) mass is 522 g/mol. The van der Waals surface area contributed by atoms with E-state index in [4.69, 9.17) is 23.7 Å². The first kappa shape index (κ1) is 28.7. The fourth-order valence-electron chi connectivity index (χ4n) is 4.06. The predicted octanol–water partition coefficient (Wildman–Crippen LogP) is 2.51. The van der Waals surface area contributed by atoms with Crippen LogP contribution in [-0.2, 0) is 20.6 Å². The standard InChI is InChI=1S/C26H38N2O9/c1-7-33-26(32)34-13-20-21(29)22(30)23(31)25(36-20)37-24-19(16(6)28(27-24)14(2)3)12-17-8-10-18(11-9-17)35-15(4)5/h8-11,14-15,20-23,25,29-31H,7,12-13H2,1-6H3/t20-,21-,22+,23-,25?/m1/s1. The number of hydrogen-bond donors (Lipinski definition) is 3. The average molecular weight is 523 g/mol. The van der Waals surface area contributed by atoms with Gasteiger partial charge in [-0.1, -0.05) is 12.1 Å². The van der Waals surface area contributed by atoms with Crippen molar-refractivity contribution in [2.24, 2.45) is 0 Å². The first-order chi connectivity index (χ1) is 17.5. The number of carbonyl (C=O) groups is 1. The van der Waals surface area contributed by atoms with Crippen molar-refractivity contribution in [3.05, 3.63) is 41.1 Å². The van der Waals surface area contributed by atoms with Gasteiger partial charge in [0.2, 0.25) is 12.2 Å². The van der Waals surface area contributed by atoms with E-state index in [0.717, 1.165) is 22.6 Å². The molecule has 5 atom stereocenters. The molecule has 0 amide bonds. The maximum absolute atomic E-state index is 11.6. The minimum atomic E-state index is -1.60. The van der Waals surface area contributed by atoms with E-state index >= 15 is 0 Å². The van der Waals surface area contributed by atoms with E-state index in [9.17, 15) is 20.1 Å². The van der Waals surface area contributed by atoms with Crippen LogP contribution in [0.5, 0.6) is 11.6 Å². The van der Waals surface area contributed by atoms with Crippen molar-refractivity contribution in [3.8, 4) is 11.6 Å². The van der Waals surface area contributed by atoms with Gasteiger partial charge in [0.15, 0.2) is 0 Å². The third kappa shape index (κ3) is 7.13. The first-order valence-electron chi connectivity index (χ1n) is 12.5. The second-order valence-corrected chi connectivity index (χ2v) is 9.52. The van der Waals surface area contributed by atoms with Gasteiger partial charge in [-0.05, 0) is 59.2 Å². The minimum absolute atomic E-state index is 0.0354. The van der Waals surface area contributed by atoms with E-state index in [2.05, 4.69) is 5.10 Å². The molecule has 2 aromatic rings. The summed E-state index contributed by atoms with van der Waals surface area (Å²) in [6, 6.07) is 7.76. The zero-order valence-electron chi connectivity index (χ0n) is 22.2. The Morgan fingerprint density at radius 1 is 1.05 bits per heavy atom. The normalized spacial score (nSPS) is 23.8. The summed E-state index contributed by atoms with van der Waals surface area (Å²) in [4.78, 5) is 11.6. The lowest BCUT2D eigenvalue weighted by Crippen LogP contribution is -2.60.